The number of β-amino-alcohol motifs (C(OH)–C–C–N with tert-alkyl or cyclic N) is 1. The third kappa shape index (κ3) is 2.99. The van der Waals surface area contributed by atoms with E-state index in [1.54, 1.807) is 12.1 Å². The number of carbonyl (C=O) groups is 1. The second-order valence-corrected chi connectivity index (χ2v) is 6.06. The molecule has 0 radical (unpaired) electrons. The van der Waals surface area contributed by atoms with Gasteiger partial charge >= 0.3 is 0 Å². The van der Waals surface area contributed by atoms with Gasteiger partial charge in [-0.2, -0.15) is 0 Å². The largest absolute Gasteiger partial charge is 0.389 e. The van der Waals surface area contributed by atoms with Gasteiger partial charge in [0.25, 0.3) is 5.91 Å². The number of carbonyl (C=O) groups excluding carboxylic acids is 1. The number of hydrogen-bond donors (Lipinski definition) is 2. The third-order valence-corrected chi connectivity index (χ3v) is 3.19. The average molecular weight is 270 g/mol. The van der Waals surface area contributed by atoms with Gasteiger partial charge in [0.15, 0.2) is 0 Å². The van der Waals surface area contributed by atoms with Crippen LogP contribution in [0.15, 0.2) is 24.3 Å². The topological polar surface area (TPSA) is 86.7 Å². The van der Waals surface area contributed by atoms with E-state index in [4.69, 9.17) is 5.11 Å². The van der Waals surface area contributed by atoms with Crippen LogP contribution in [0.25, 0.3) is 0 Å². The molecule has 0 aromatic heterocycles. The average Bonchev–Trinajstić information content (AvgIpc) is 2.23. The van der Waals surface area contributed by atoms with Gasteiger partial charge in [0.1, 0.15) is 0 Å². The smallest absolute Gasteiger partial charge is 0.254 e. The summed E-state index contributed by atoms with van der Waals surface area (Å²) in [6.07, 6.45) is 0.633. The van der Waals surface area contributed by atoms with Gasteiger partial charge in [-0.3, -0.25) is 9.52 Å². The molecule has 1 aliphatic heterocycles. The van der Waals surface area contributed by atoms with Crippen LogP contribution in [-0.2, 0) is 10.0 Å². The zero-order chi connectivity index (χ0) is 13.3. The van der Waals surface area contributed by atoms with Crippen molar-refractivity contribution in [3.05, 3.63) is 29.8 Å². The molecule has 1 aromatic rings. The van der Waals surface area contributed by atoms with E-state index in [0.717, 1.165) is 6.26 Å². The highest BCUT2D eigenvalue weighted by atomic mass is 32.2. The summed E-state index contributed by atoms with van der Waals surface area (Å²) in [7, 11) is -3.31. The molecule has 0 unspecified atom stereocenters. The molecule has 2 N–H and O–H groups in total. The summed E-state index contributed by atoms with van der Waals surface area (Å²) in [4.78, 5) is 13.4. The minimum atomic E-state index is -3.31. The van der Waals surface area contributed by atoms with Crippen molar-refractivity contribution in [1.29, 1.82) is 0 Å². The molecule has 1 heterocycles. The Hall–Kier alpha value is -1.60. The lowest BCUT2D eigenvalue weighted by molar-refractivity contribution is 0.00590. The molecule has 7 heteroatoms. The maximum Gasteiger partial charge on any atom is 0.254 e. The number of rotatable bonds is 3. The number of benzene rings is 1. The highest BCUT2D eigenvalue weighted by molar-refractivity contribution is 7.92. The Kier molecular flexibility index (Phi) is 3.27. The molecular formula is C11H14N2O4S. The van der Waals surface area contributed by atoms with E-state index >= 15 is 0 Å². The normalized spacial score (nSPS) is 16.2. The number of aliphatic hydroxyl groups is 1. The number of sulfonamides is 1. The second kappa shape index (κ2) is 4.58. The Bertz CT molecular complexity index is 547. The van der Waals surface area contributed by atoms with Crippen molar-refractivity contribution in [1.82, 2.24) is 4.90 Å². The lowest BCUT2D eigenvalue weighted by Gasteiger charge is -2.35. The first-order chi connectivity index (χ1) is 8.35. The van der Waals surface area contributed by atoms with Crippen molar-refractivity contribution in [2.24, 2.45) is 0 Å². The molecule has 98 valence electrons. The highest BCUT2D eigenvalue weighted by Crippen LogP contribution is 2.16. The molecule has 1 fully saturated rings. The predicted octanol–water partition coefficient (Wildman–Crippen LogP) is -0.125. The molecule has 1 amide bonds. The summed E-state index contributed by atoms with van der Waals surface area (Å²) in [5, 5.41) is 9.12. The van der Waals surface area contributed by atoms with Gasteiger partial charge in [-0.15, -0.1) is 0 Å². The number of amides is 1. The summed E-state index contributed by atoms with van der Waals surface area (Å²) in [5.41, 5.74) is 0.888. The Morgan fingerprint density at radius 3 is 2.33 bits per heavy atom. The van der Waals surface area contributed by atoms with Gasteiger partial charge in [-0.25, -0.2) is 8.42 Å². The number of hydrogen-bond acceptors (Lipinski definition) is 4. The van der Waals surface area contributed by atoms with Gasteiger partial charge < -0.3 is 10.0 Å². The van der Waals surface area contributed by atoms with Gasteiger partial charge in [0, 0.05) is 24.3 Å². The van der Waals surface area contributed by atoms with E-state index in [2.05, 4.69) is 4.72 Å². The van der Waals surface area contributed by atoms with E-state index in [9.17, 15) is 13.2 Å². The summed E-state index contributed by atoms with van der Waals surface area (Å²) >= 11 is 0. The van der Waals surface area contributed by atoms with E-state index in [-0.39, 0.29) is 5.91 Å². The van der Waals surface area contributed by atoms with Crippen molar-refractivity contribution in [2.45, 2.75) is 6.10 Å². The Balaban J connectivity index is 2.06. The van der Waals surface area contributed by atoms with Crippen LogP contribution < -0.4 is 4.72 Å². The molecule has 0 atom stereocenters. The summed E-state index contributed by atoms with van der Waals surface area (Å²) in [5.74, 6) is -0.161. The standard InChI is InChI=1S/C11H14N2O4S/c1-18(16,17)12-9-4-2-8(3-5-9)11(15)13-6-10(14)7-13/h2-5,10,12,14H,6-7H2,1H3. The molecular weight excluding hydrogens is 256 g/mol. The first-order valence-corrected chi connectivity index (χ1v) is 7.29. The Morgan fingerprint density at radius 2 is 1.89 bits per heavy atom. The van der Waals surface area contributed by atoms with E-state index < -0.39 is 16.1 Å². The van der Waals surface area contributed by atoms with Gasteiger partial charge in [-0.1, -0.05) is 0 Å². The molecule has 0 aliphatic carbocycles. The van der Waals surface area contributed by atoms with Crippen molar-refractivity contribution in [3.63, 3.8) is 0 Å². The van der Waals surface area contributed by atoms with E-state index in [0.29, 0.717) is 24.3 Å². The molecule has 2 rings (SSSR count). The quantitative estimate of drug-likeness (QED) is 0.801. The lowest BCUT2D eigenvalue weighted by atomic mass is 10.1. The fraction of sp³-hybridized carbons (Fsp3) is 0.364. The number of aliphatic hydroxyl groups excluding tert-OH is 1. The minimum absolute atomic E-state index is 0.161. The maximum absolute atomic E-state index is 11.8. The third-order valence-electron chi connectivity index (χ3n) is 2.58. The van der Waals surface area contributed by atoms with Crippen LogP contribution in [0.1, 0.15) is 10.4 Å². The van der Waals surface area contributed by atoms with Gasteiger partial charge in [0.2, 0.25) is 10.0 Å². The molecule has 0 saturated carbocycles. The Labute approximate surface area is 105 Å². The van der Waals surface area contributed by atoms with Crippen molar-refractivity contribution in [3.8, 4) is 0 Å². The number of nitrogens with zero attached hydrogens (tertiary/aromatic N) is 1. The van der Waals surface area contributed by atoms with E-state index in [1.165, 1.54) is 17.0 Å². The molecule has 1 aromatic carbocycles. The maximum atomic E-state index is 11.8. The summed E-state index contributed by atoms with van der Waals surface area (Å²) in [6.45, 7) is 0.699. The van der Waals surface area contributed by atoms with Crippen molar-refractivity contribution in [2.75, 3.05) is 24.1 Å². The van der Waals surface area contributed by atoms with Crippen molar-refractivity contribution >= 4 is 21.6 Å². The number of likely N-dealkylation sites (tertiary alicyclic amines) is 1. The first kappa shape index (κ1) is 12.8. The fourth-order valence-electron chi connectivity index (χ4n) is 1.70. The summed E-state index contributed by atoms with van der Waals surface area (Å²) < 4.78 is 24.3. The highest BCUT2D eigenvalue weighted by Gasteiger charge is 2.29. The molecule has 1 saturated heterocycles. The van der Waals surface area contributed by atoms with Crippen LogP contribution >= 0.6 is 0 Å². The second-order valence-electron chi connectivity index (χ2n) is 4.32. The van der Waals surface area contributed by atoms with E-state index in [1.807, 2.05) is 0 Å². The van der Waals surface area contributed by atoms with Gasteiger partial charge in [0.05, 0.1) is 12.4 Å². The molecule has 6 nitrogen and oxygen atoms in total. The molecule has 1 aliphatic rings. The number of anilines is 1. The van der Waals surface area contributed by atoms with Crippen molar-refractivity contribution < 1.29 is 18.3 Å². The van der Waals surface area contributed by atoms with Crippen LogP contribution in [0.2, 0.25) is 0 Å². The predicted molar refractivity (Wildman–Crippen MR) is 66.8 cm³/mol. The lowest BCUT2D eigenvalue weighted by Crippen LogP contribution is -2.53. The van der Waals surface area contributed by atoms with Crippen LogP contribution in [-0.4, -0.2) is 49.8 Å². The van der Waals surface area contributed by atoms with Crippen LogP contribution in [0.4, 0.5) is 5.69 Å². The van der Waals surface area contributed by atoms with Crippen LogP contribution in [0.3, 0.4) is 0 Å². The van der Waals surface area contributed by atoms with Crippen LogP contribution in [0, 0.1) is 0 Å². The van der Waals surface area contributed by atoms with Gasteiger partial charge in [-0.05, 0) is 24.3 Å². The molecule has 18 heavy (non-hydrogen) atoms. The molecule has 0 spiro atoms. The van der Waals surface area contributed by atoms with Crippen LogP contribution in [0.5, 0.6) is 0 Å². The Morgan fingerprint density at radius 1 is 1.33 bits per heavy atom. The zero-order valence-electron chi connectivity index (χ0n) is 9.83. The summed E-state index contributed by atoms with van der Waals surface area (Å²) in [6, 6.07) is 6.18. The zero-order valence-corrected chi connectivity index (χ0v) is 10.6. The monoisotopic (exact) mass is 270 g/mol. The fourth-order valence-corrected chi connectivity index (χ4v) is 2.26. The SMILES string of the molecule is CS(=O)(=O)Nc1ccc(C(=O)N2CC(O)C2)cc1. The first-order valence-electron chi connectivity index (χ1n) is 5.40. The number of nitrogens with one attached hydrogen (secondary N) is 1. The minimum Gasteiger partial charge on any atom is -0.389 e. The molecule has 0 bridgehead atoms.